The largest absolute Gasteiger partial charge is 0.491 e. The number of hydrogen-bond donors (Lipinski definition) is 1. The van der Waals surface area contributed by atoms with Crippen molar-refractivity contribution in [2.45, 2.75) is 20.4 Å². The van der Waals surface area contributed by atoms with E-state index >= 15 is 0 Å². The number of ether oxygens (including phenoxy) is 1. The van der Waals surface area contributed by atoms with Gasteiger partial charge in [-0.1, -0.05) is 17.7 Å². The van der Waals surface area contributed by atoms with Gasteiger partial charge in [0, 0.05) is 27.7 Å². The van der Waals surface area contributed by atoms with Gasteiger partial charge in [-0.2, -0.15) is 5.26 Å². The van der Waals surface area contributed by atoms with Crippen molar-refractivity contribution in [2.24, 2.45) is 0 Å². The Hall–Kier alpha value is -4.26. The van der Waals surface area contributed by atoms with E-state index in [1.165, 1.54) is 15.9 Å². The minimum absolute atomic E-state index is 0.136. The van der Waals surface area contributed by atoms with Gasteiger partial charge in [-0.3, -0.25) is 14.3 Å². The van der Waals surface area contributed by atoms with Crippen LogP contribution in [-0.2, 0) is 6.54 Å². The van der Waals surface area contributed by atoms with E-state index < -0.39 is 5.97 Å². The fourth-order valence-electron chi connectivity index (χ4n) is 4.31. The maximum absolute atomic E-state index is 13.3. The van der Waals surface area contributed by atoms with Gasteiger partial charge in [-0.15, -0.1) is 11.3 Å². The quantitative estimate of drug-likeness (QED) is 0.304. The van der Waals surface area contributed by atoms with Gasteiger partial charge in [0.2, 0.25) is 0 Å². The van der Waals surface area contributed by atoms with Gasteiger partial charge in [0.25, 0.3) is 5.56 Å². The van der Waals surface area contributed by atoms with Gasteiger partial charge in [0.1, 0.15) is 24.3 Å². The van der Waals surface area contributed by atoms with Crippen molar-refractivity contribution in [2.75, 3.05) is 6.61 Å². The van der Waals surface area contributed by atoms with Crippen molar-refractivity contribution >= 4 is 50.0 Å². The van der Waals surface area contributed by atoms with Crippen LogP contribution in [0.4, 0.5) is 0 Å². The Morgan fingerprint density at radius 3 is 2.78 bits per heavy atom. The number of aromatic nitrogens is 3. The molecule has 3 aromatic heterocycles. The number of carboxylic acids is 1. The van der Waals surface area contributed by atoms with Gasteiger partial charge in [0.15, 0.2) is 0 Å². The number of rotatable bonds is 6. The monoisotopic (exact) mass is 530 g/mol. The standard InChI is InChI=1S/C27H19ClN4O4S/c1-14-3-5-21-23(19(14)12-29)26(33)32(15(2)31-21)9-10-36-22-6-4-16(28)11-18(22)17-7-8-30-24-20(27(34)35)13-37-25(17)24/h3-8,11,13H,9-10H2,1-2H3,(H,34,35). The fraction of sp³-hybridized carbons (Fsp3) is 0.148. The summed E-state index contributed by atoms with van der Waals surface area (Å²) < 4.78 is 8.32. The maximum Gasteiger partial charge on any atom is 0.338 e. The first-order chi connectivity index (χ1) is 17.8. The predicted molar refractivity (Wildman–Crippen MR) is 143 cm³/mol. The molecule has 0 amide bonds. The maximum atomic E-state index is 13.3. The van der Waals surface area contributed by atoms with Crippen molar-refractivity contribution in [3.63, 3.8) is 0 Å². The van der Waals surface area contributed by atoms with E-state index in [4.69, 9.17) is 16.3 Å². The lowest BCUT2D eigenvalue weighted by atomic mass is 10.0. The van der Waals surface area contributed by atoms with Gasteiger partial charge in [-0.05, 0) is 49.7 Å². The normalized spacial score (nSPS) is 11.1. The van der Waals surface area contributed by atoms with Gasteiger partial charge < -0.3 is 9.84 Å². The van der Waals surface area contributed by atoms with Crippen molar-refractivity contribution in [1.82, 2.24) is 14.5 Å². The molecule has 184 valence electrons. The molecule has 0 spiro atoms. The lowest BCUT2D eigenvalue weighted by Crippen LogP contribution is -2.27. The number of carboxylic acid groups (broad SMARTS) is 1. The highest BCUT2D eigenvalue weighted by molar-refractivity contribution is 7.18. The highest BCUT2D eigenvalue weighted by Crippen LogP contribution is 2.39. The molecule has 0 atom stereocenters. The van der Waals surface area contributed by atoms with Crippen LogP contribution in [0.2, 0.25) is 5.02 Å². The molecule has 0 radical (unpaired) electrons. The third-order valence-corrected chi connectivity index (χ3v) is 7.36. The van der Waals surface area contributed by atoms with Crippen molar-refractivity contribution in [1.29, 1.82) is 5.26 Å². The number of halogens is 1. The number of nitrogens with zero attached hydrogens (tertiary/aromatic N) is 4. The summed E-state index contributed by atoms with van der Waals surface area (Å²) in [5, 5.41) is 21.4. The number of pyridine rings is 1. The number of aromatic carboxylic acids is 1. The Morgan fingerprint density at radius 2 is 2.03 bits per heavy atom. The summed E-state index contributed by atoms with van der Waals surface area (Å²) in [5.74, 6) is -0.00555. The van der Waals surface area contributed by atoms with E-state index in [2.05, 4.69) is 16.0 Å². The van der Waals surface area contributed by atoms with Gasteiger partial charge in [0.05, 0.1) is 38.8 Å². The molecule has 1 N–H and O–H groups in total. The minimum Gasteiger partial charge on any atom is -0.491 e. The molecule has 0 aliphatic rings. The number of fused-ring (bicyclic) bond motifs is 2. The molecule has 0 saturated carbocycles. The Balaban J connectivity index is 1.50. The zero-order valence-corrected chi connectivity index (χ0v) is 21.4. The van der Waals surface area contributed by atoms with Crippen LogP contribution in [-0.4, -0.2) is 32.2 Å². The lowest BCUT2D eigenvalue weighted by molar-refractivity contribution is 0.0699. The van der Waals surface area contributed by atoms with E-state index in [9.17, 15) is 20.0 Å². The molecule has 0 bridgehead atoms. The van der Waals surface area contributed by atoms with Crippen LogP contribution in [0.3, 0.4) is 0 Å². The molecule has 10 heteroatoms. The number of hydrogen-bond acceptors (Lipinski definition) is 7. The summed E-state index contributed by atoms with van der Waals surface area (Å²) >= 11 is 7.59. The summed E-state index contributed by atoms with van der Waals surface area (Å²) in [6.45, 7) is 3.89. The molecule has 37 heavy (non-hydrogen) atoms. The predicted octanol–water partition coefficient (Wildman–Crippen LogP) is 5.59. The Bertz CT molecular complexity index is 1820. The van der Waals surface area contributed by atoms with Crippen molar-refractivity contribution < 1.29 is 14.6 Å². The molecule has 5 aromatic rings. The van der Waals surface area contributed by atoms with Crippen molar-refractivity contribution in [3.05, 3.63) is 85.9 Å². The molecular formula is C27H19ClN4O4S. The lowest BCUT2D eigenvalue weighted by Gasteiger charge is -2.15. The van der Waals surface area contributed by atoms with Crippen molar-refractivity contribution in [3.8, 4) is 22.9 Å². The smallest absolute Gasteiger partial charge is 0.338 e. The molecule has 0 saturated heterocycles. The molecule has 8 nitrogen and oxygen atoms in total. The van der Waals surface area contributed by atoms with Crippen LogP contribution in [0, 0.1) is 25.2 Å². The van der Waals surface area contributed by atoms with Crippen LogP contribution in [0.5, 0.6) is 5.75 Å². The first-order valence-corrected chi connectivity index (χ1v) is 12.5. The molecule has 3 heterocycles. The average molecular weight is 531 g/mol. The van der Waals surface area contributed by atoms with E-state index in [0.717, 1.165) is 11.1 Å². The molecular weight excluding hydrogens is 512 g/mol. The second-order valence-electron chi connectivity index (χ2n) is 8.36. The Morgan fingerprint density at radius 1 is 1.22 bits per heavy atom. The third-order valence-electron chi connectivity index (χ3n) is 6.12. The van der Waals surface area contributed by atoms with E-state index in [-0.39, 0.29) is 24.3 Å². The second-order valence-corrected chi connectivity index (χ2v) is 9.68. The Labute approximate surface area is 220 Å². The SMILES string of the molecule is Cc1ccc2nc(C)n(CCOc3ccc(Cl)cc3-c3ccnc4c(C(=O)O)csc34)c(=O)c2c1C#N. The Kier molecular flexibility index (Phi) is 6.38. The zero-order chi connectivity index (χ0) is 26.3. The number of aryl methyl sites for hydroxylation is 2. The average Bonchev–Trinajstić information content (AvgIpc) is 3.32. The summed E-state index contributed by atoms with van der Waals surface area (Å²) in [7, 11) is 0. The van der Waals surface area contributed by atoms with Crippen LogP contribution < -0.4 is 10.3 Å². The fourth-order valence-corrected chi connectivity index (χ4v) is 5.51. The van der Waals surface area contributed by atoms with E-state index in [1.54, 1.807) is 61.8 Å². The molecule has 0 unspecified atom stereocenters. The van der Waals surface area contributed by atoms with Crippen LogP contribution in [0.1, 0.15) is 27.3 Å². The number of nitriles is 1. The number of carbonyl (C=O) groups is 1. The van der Waals surface area contributed by atoms with Gasteiger partial charge >= 0.3 is 5.97 Å². The van der Waals surface area contributed by atoms with Crippen LogP contribution in [0.25, 0.3) is 32.2 Å². The summed E-state index contributed by atoms with van der Waals surface area (Å²) in [6, 6.07) is 12.6. The molecule has 0 aliphatic heterocycles. The summed E-state index contributed by atoms with van der Waals surface area (Å²) in [4.78, 5) is 33.7. The van der Waals surface area contributed by atoms with Crippen LogP contribution in [0.15, 0.2) is 52.8 Å². The minimum atomic E-state index is -1.04. The van der Waals surface area contributed by atoms with Crippen LogP contribution >= 0.6 is 22.9 Å². The molecule has 2 aromatic carbocycles. The first kappa shape index (κ1) is 24.4. The van der Waals surface area contributed by atoms with Gasteiger partial charge in [-0.25, -0.2) is 9.78 Å². The molecule has 0 aliphatic carbocycles. The second kappa shape index (κ2) is 9.65. The topological polar surface area (TPSA) is 118 Å². The zero-order valence-electron chi connectivity index (χ0n) is 19.8. The molecule has 0 fully saturated rings. The number of thiophene rings is 1. The number of benzene rings is 2. The first-order valence-electron chi connectivity index (χ1n) is 11.2. The third kappa shape index (κ3) is 4.31. The summed E-state index contributed by atoms with van der Waals surface area (Å²) in [5.41, 5.74) is 3.19. The highest BCUT2D eigenvalue weighted by atomic mass is 35.5. The molecule has 5 rings (SSSR count). The summed E-state index contributed by atoms with van der Waals surface area (Å²) in [6.07, 6.45) is 1.56. The highest BCUT2D eigenvalue weighted by Gasteiger charge is 2.18. The van der Waals surface area contributed by atoms with E-state index in [1.807, 2.05) is 0 Å². The van der Waals surface area contributed by atoms with E-state index in [0.29, 0.717) is 48.8 Å².